The smallest absolute Gasteiger partial charge is 0.269 e. The fourth-order valence-corrected chi connectivity index (χ4v) is 2.00. The summed E-state index contributed by atoms with van der Waals surface area (Å²) in [5.74, 6) is 0. The Morgan fingerprint density at radius 1 is 1.47 bits per heavy atom. The molecule has 0 bridgehead atoms. The number of hydrogen-bond acceptors (Lipinski definition) is 4. The van der Waals surface area contributed by atoms with Crippen molar-refractivity contribution in [3.8, 4) is 0 Å². The van der Waals surface area contributed by atoms with Crippen molar-refractivity contribution >= 4 is 18.1 Å². The average Bonchev–Trinajstić information content (AvgIpc) is 2.27. The number of fused-ring (bicyclic) bond motifs is 1. The van der Waals surface area contributed by atoms with E-state index >= 15 is 0 Å². The fraction of sp³-hybridized carbons (Fsp3) is 0.455. The van der Waals surface area contributed by atoms with E-state index < -0.39 is 6.23 Å². The Balaban J connectivity index is 0.00000144. The highest BCUT2D eigenvalue weighted by molar-refractivity contribution is 5.85. The molecular formula is C11H15ClN2O3. The second-order valence-corrected chi connectivity index (χ2v) is 4.06. The highest BCUT2D eigenvalue weighted by Crippen LogP contribution is 2.24. The lowest BCUT2D eigenvalue weighted by Gasteiger charge is -2.30. The van der Waals surface area contributed by atoms with Crippen LogP contribution >= 0.6 is 12.4 Å². The molecular weight excluding hydrogens is 244 g/mol. The first-order valence-electron chi connectivity index (χ1n) is 5.26. The van der Waals surface area contributed by atoms with E-state index in [1.165, 1.54) is 6.07 Å². The lowest BCUT2D eigenvalue weighted by molar-refractivity contribution is -0.385. The van der Waals surface area contributed by atoms with Crippen LogP contribution in [0.25, 0.3) is 0 Å². The molecule has 2 rings (SSSR count). The number of halogens is 1. The first-order chi connectivity index (χ1) is 7.58. The van der Waals surface area contributed by atoms with Gasteiger partial charge >= 0.3 is 0 Å². The molecule has 1 N–H and O–H groups in total. The van der Waals surface area contributed by atoms with Crippen molar-refractivity contribution in [2.45, 2.75) is 26.1 Å². The molecule has 6 heteroatoms. The summed E-state index contributed by atoms with van der Waals surface area (Å²) >= 11 is 0. The summed E-state index contributed by atoms with van der Waals surface area (Å²) in [6.45, 7) is 3.08. The molecule has 0 amide bonds. The van der Waals surface area contributed by atoms with E-state index in [0.29, 0.717) is 6.54 Å². The zero-order valence-corrected chi connectivity index (χ0v) is 10.3. The summed E-state index contributed by atoms with van der Waals surface area (Å²) in [5, 5.41) is 20.1. The quantitative estimate of drug-likeness (QED) is 0.648. The van der Waals surface area contributed by atoms with Crippen molar-refractivity contribution in [2.75, 3.05) is 6.54 Å². The van der Waals surface area contributed by atoms with Crippen LogP contribution in [0.3, 0.4) is 0 Å². The van der Waals surface area contributed by atoms with Crippen molar-refractivity contribution in [1.82, 2.24) is 4.90 Å². The van der Waals surface area contributed by atoms with E-state index in [0.717, 1.165) is 24.1 Å². The van der Waals surface area contributed by atoms with Gasteiger partial charge in [-0.15, -0.1) is 12.4 Å². The van der Waals surface area contributed by atoms with Gasteiger partial charge in [0.1, 0.15) is 6.23 Å². The highest BCUT2D eigenvalue weighted by atomic mass is 35.5. The zero-order chi connectivity index (χ0) is 11.7. The van der Waals surface area contributed by atoms with Gasteiger partial charge in [0.2, 0.25) is 0 Å². The van der Waals surface area contributed by atoms with E-state index in [1.54, 1.807) is 13.0 Å². The predicted molar refractivity (Wildman–Crippen MR) is 66.1 cm³/mol. The van der Waals surface area contributed by atoms with Gasteiger partial charge in [0.15, 0.2) is 0 Å². The maximum Gasteiger partial charge on any atom is 0.269 e. The van der Waals surface area contributed by atoms with Gasteiger partial charge in [-0.3, -0.25) is 15.0 Å². The molecule has 0 radical (unpaired) electrons. The zero-order valence-electron chi connectivity index (χ0n) is 9.50. The summed E-state index contributed by atoms with van der Waals surface area (Å²) in [6.07, 6.45) is 0.325. The second kappa shape index (κ2) is 5.44. The van der Waals surface area contributed by atoms with Crippen molar-refractivity contribution in [2.24, 2.45) is 0 Å². The standard InChI is InChI=1S/C11H14N2O3.ClH/c1-8(14)12-5-4-9-2-3-11(13(15)16)6-10(9)7-12;/h2-3,6,8,14H,4-5,7H2,1H3;1H. The molecule has 1 aliphatic heterocycles. The molecule has 0 aromatic heterocycles. The molecule has 94 valence electrons. The summed E-state index contributed by atoms with van der Waals surface area (Å²) < 4.78 is 0. The molecule has 0 fully saturated rings. The van der Waals surface area contributed by atoms with Crippen molar-refractivity contribution in [3.63, 3.8) is 0 Å². The van der Waals surface area contributed by atoms with E-state index in [9.17, 15) is 15.2 Å². The van der Waals surface area contributed by atoms with Gasteiger partial charge in [-0.1, -0.05) is 6.07 Å². The first-order valence-corrected chi connectivity index (χ1v) is 5.26. The fourth-order valence-electron chi connectivity index (χ4n) is 2.00. The van der Waals surface area contributed by atoms with Crippen LogP contribution in [0.5, 0.6) is 0 Å². The Bertz CT molecular complexity index is 423. The van der Waals surface area contributed by atoms with Crippen LogP contribution in [0.2, 0.25) is 0 Å². The predicted octanol–water partition coefficient (Wildman–Crippen LogP) is 1.71. The third-order valence-electron chi connectivity index (χ3n) is 2.97. The molecule has 1 unspecified atom stereocenters. The van der Waals surface area contributed by atoms with Crippen molar-refractivity contribution < 1.29 is 10.0 Å². The van der Waals surface area contributed by atoms with E-state index in [-0.39, 0.29) is 23.0 Å². The number of benzene rings is 1. The molecule has 0 aliphatic carbocycles. The maximum atomic E-state index is 10.6. The minimum Gasteiger partial charge on any atom is -0.379 e. The molecule has 0 saturated heterocycles. The third kappa shape index (κ3) is 2.94. The first kappa shape index (κ1) is 13.9. The number of nitro groups is 1. The van der Waals surface area contributed by atoms with Gasteiger partial charge in [-0.05, 0) is 24.5 Å². The van der Waals surface area contributed by atoms with Crippen molar-refractivity contribution in [3.05, 3.63) is 39.4 Å². The van der Waals surface area contributed by atoms with Crippen LogP contribution in [0.1, 0.15) is 18.1 Å². The molecule has 1 atom stereocenters. The third-order valence-corrected chi connectivity index (χ3v) is 2.97. The largest absolute Gasteiger partial charge is 0.379 e. The van der Waals surface area contributed by atoms with Gasteiger partial charge in [-0.2, -0.15) is 0 Å². The van der Waals surface area contributed by atoms with Crippen LogP contribution < -0.4 is 0 Å². The Morgan fingerprint density at radius 2 is 2.18 bits per heavy atom. The molecule has 5 nitrogen and oxygen atoms in total. The molecule has 17 heavy (non-hydrogen) atoms. The normalized spacial score (nSPS) is 16.8. The monoisotopic (exact) mass is 258 g/mol. The van der Waals surface area contributed by atoms with Gasteiger partial charge in [-0.25, -0.2) is 0 Å². The SMILES string of the molecule is CC(O)N1CCc2ccc([N+](=O)[O-])cc2C1.Cl. The summed E-state index contributed by atoms with van der Waals surface area (Å²) in [5.41, 5.74) is 2.20. The minimum absolute atomic E-state index is 0. The summed E-state index contributed by atoms with van der Waals surface area (Å²) in [4.78, 5) is 12.2. The van der Waals surface area contributed by atoms with Crippen molar-refractivity contribution in [1.29, 1.82) is 0 Å². The molecule has 1 aromatic rings. The van der Waals surface area contributed by atoms with E-state index in [4.69, 9.17) is 0 Å². The Labute approximate surface area is 106 Å². The Kier molecular flexibility index (Phi) is 4.45. The minimum atomic E-state index is -0.507. The maximum absolute atomic E-state index is 10.6. The molecule has 1 aliphatic rings. The lowest BCUT2D eigenvalue weighted by atomic mass is 9.99. The molecule has 1 aromatic carbocycles. The number of nitrogens with zero attached hydrogens (tertiary/aromatic N) is 2. The van der Waals surface area contributed by atoms with Crippen LogP contribution in [-0.4, -0.2) is 27.7 Å². The Hall–Kier alpha value is -1.17. The molecule has 1 heterocycles. The Morgan fingerprint density at radius 3 is 2.76 bits per heavy atom. The highest BCUT2D eigenvalue weighted by Gasteiger charge is 2.21. The summed E-state index contributed by atoms with van der Waals surface area (Å²) in [6, 6.07) is 4.95. The van der Waals surface area contributed by atoms with E-state index in [2.05, 4.69) is 0 Å². The number of aliphatic hydroxyl groups excluding tert-OH is 1. The van der Waals surface area contributed by atoms with Gasteiger partial charge < -0.3 is 5.11 Å². The van der Waals surface area contributed by atoms with Crippen LogP contribution in [0.4, 0.5) is 5.69 Å². The topological polar surface area (TPSA) is 66.6 Å². The van der Waals surface area contributed by atoms with Crippen LogP contribution in [0, 0.1) is 10.1 Å². The molecule has 0 spiro atoms. The number of aliphatic hydroxyl groups is 1. The molecule has 0 saturated carbocycles. The van der Waals surface area contributed by atoms with Crippen LogP contribution in [0.15, 0.2) is 18.2 Å². The summed E-state index contributed by atoms with van der Waals surface area (Å²) in [7, 11) is 0. The van der Waals surface area contributed by atoms with Gasteiger partial charge in [0, 0.05) is 25.2 Å². The van der Waals surface area contributed by atoms with Gasteiger partial charge in [0.25, 0.3) is 5.69 Å². The number of non-ortho nitro benzene ring substituents is 1. The number of rotatable bonds is 2. The average molecular weight is 259 g/mol. The number of nitro benzene ring substituents is 1. The number of hydrogen-bond donors (Lipinski definition) is 1. The van der Waals surface area contributed by atoms with Gasteiger partial charge in [0.05, 0.1) is 4.92 Å². The lowest BCUT2D eigenvalue weighted by Crippen LogP contribution is -2.37. The van der Waals surface area contributed by atoms with Crippen LogP contribution in [-0.2, 0) is 13.0 Å². The van der Waals surface area contributed by atoms with E-state index in [1.807, 2.05) is 11.0 Å². The second-order valence-electron chi connectivity index (χ2n) is 4.06.